The van der Waals surface area contributed by atoms with Gasteiger partial charge in [-0.05, 0) is 118 Å². The summed E-state index contributed by atoms with van der Waals surface area (Å²) in [5.74, 6) is 3.50. The first-order valence-electron chi connectivity index (χ1n) is 12.6. The van der Waals surface area contributed by atoms with Crippen molar-refractivity contribution in [3.05, 3.63) is 11.6 Å². The van der Waals surface area contributed by atoms with E-state index in [1.807, 2.05) is 19.9 Å². The highest BCUT2D eigenvalue weighted by atomic mass is 16.3. The second-order valence-electron chi connectivity index (χ2n) is 12.5. The molecule has 0 spiro atoms. The number of carbonyl (C=O) groups excluding carboxylic acids is 1. The van der Waals surface area contributed by atoms with Crippen LogP contribution in [0, 0.1) is 40.4 Å². The van der Waals surface area contributed by atoms with Crippen LogP contribution in [0.1, 0.15) is 98.8 Å². The normalized spacial score (nSPS) is 43.3. The number of carbonyl (C=O) groups is 1. The van der Waals surface area contributed by atoms with E-state index in [9.17, 15) is 15.0 Å². The van der Waals surface area contributed by atoms with Crippen LogP contribution in [0.25, 0.3) is 0 Å². The summed E-state index contributed by atoms with van der Waals surface area (Å²) in [7, 11) is 0. The molecule has 1 unspecified atom stereocenters. The Balaban J connectivity index is 1.50. The molecule has 8 atom stereocenters. The van der Waals surface area contributed by atoms with Gasteiger partial charge in [0, 0.05) is 6.42 Å². The summed E-state index contributed by atoms with van der Waals surface area (Å²) in [6.07, 6.45) is 12.3. The number of hydrogen-bond acceptors (Lipinski definition) is 3. The van der Waals surface area contributed by atoms with Crippen LogP contribution < -0.4 is 0 Å². The largest absolute Gasteiger partial charge is 0.393 e. The van der Waals surface area contributed by atoms with Crippen LogP contribution in [0.4, 0.5) is 0 Å². The van der Waals surface area contributed by atoms with Crippen LogP contribution in [0.15, 0.2) is 11.6 Å². The maximum Gasteiger partial charge on any atom is 0.155 e. The van der Waals surface area contributed by atoms with Gasteiger partial charge in [0.15, 0.2) is 5.78 Å². The van der Waals surface area contributed by atoms with Gasteiger partial charge >= 0.3 is 0 Å². The molecule has 3 saturated carbocycles. The average Bonchev–Trinajstić information content (AvgIpc) is 3.02. The van der Waals surface area contributed by atoms with Crippen molar-refractivity contribution < 1.29 is 15.0 Å². The summed E-state index contributed by atoms with van der Waals surface area (Å²) < 4.78 is 0. The van der Waals surface area contributed by atoms with Gasteiger partial charge < -0.3 is 10.2 Å². The Bertz CT molecular complexity index is 703. The van der Waals surface area contributed by atoms with Crippen LogP contribution in [-0.4, -0.2) is 27.7 Å². The quantitative estimate of drug-likeness (QED) is 0.606. The molecule has 4 aliphatic carbocycles. The fraction of sp³-hybridized carbons (Fsp3) is 0.889. The van der Waals surface area contributed by atoms with Crippen molar-refractivity contribution in [3.63, 3.8) is 0 Å². The maximum atomic E-state index is 12.0. The summed E-state index contributed by atoms with van der Waals surface area (Å²) in [5, 5.41) is 21.0. The first kappa shape index (κ1) is 22.5. The van der Waals surface area contributed by atoms with Gasteiger partial charge in [-0.3, -0.25) is 4.79 Å². The Hall–Kier alpha value is -0.670. The minimum absolute atomic E-state index is 0.244. The van der Waals surface area contributed by atoms with E-state index in [2.05, 4.69) is 20.8 Å². The van der Waals surface area contributed by atoms with Crippen LogP contribution >= 0.6 is 0 Å². The highest BCUT2D eigenvalue weighted by Crippen LogP contribution is 2.67. The Kier molecular flexibility index (Phi) is 5.80. The molecule has 170 valence electrons. The summed E-state index contributed by atoms with van der Waals surface area (Å²) in [5.41, 5.74) is 1.32. The second-order valence-corrected chi connectivity index (χ2v) is 12.5. The van der Waals surface area contributed by atoms with Crippen LogP contribution in [0.3, 0.4) is 0 Å². The number of allylic oxidation sites excluding steroid dienone is 1. The standard InChI is InChI=1S/C27H44O3/c1-17(24(29)12-13-25(2,3)30)21-8-9-22-20-7-6-18-16-19(28)10-14-26(18,4)23(20)11-15-27(21,22)5/h16-17,20-24,29-30H,6-15H2,1-5H3/t17-,20-,21+,22-,23-,24?,26-,27+/m0/s1. The number of rotatable bonds is 5. The number of aliphatic hydroxyl groups excluding tert-OH is 1. The molecule has 2 N–H and O–H groups in total. The Morgan fingerprint density at radius 3 is 2.53 bits per heavy atom. The predicted molar refractivity (Wildman–Crippen MR) is 121 cm³/mol. The van der Waals surface area contributed by atoms with Crippen molar-refractivity contribution in [2.45, 2.75) is 111 Å². The van der Waals surface area contributed by atoms with Gasteiger partial charge in [0.05, 0.1) is 11.7 Å². The molecule has 0 aromatic rings. The van der Waals surface area contributed by atoms with Gasteiger partial charge in [0.2, 0.25) is 0 Å². The summed E-state index contributed by atoms with van der Waals surface area (Å²) in [6.45, 7) is 10.9. The van der Waals surface area contributed by atoms with Gasteiger partial charge in [-0.1, -0.05) is 26.3 Å². The number of ketones is 1. The molecule has 3 nitrogen and oxygen atoms in total. The van der Waals surface area contributed by atoms with Crippen LogP contribution in [0.5, 0.6) is 0 Å². The molecule has 0 bridgehead atoms. The second kappa shape index (κ2) is 7.73. The van der Waals surface area contributed by atoms with Gasteiger partial charge in [-0.15, -0.1) is 0 Å². The number of aliphatic hydroxyl groups is 2. The number of hydrogen-bond donors (Lipinski definition) is 2. The third-order valence-electron chi connectivity index (χ3n) is 10.3. The molecule has 4 aliphatic rings. The molecule has 0 saturated heterocycles. The number of fused-ring (bicyclic) bond motifs is 5. The van der Waals surface area contributed by atoms with Crippen LogP contribution in [0.2, 0.25) is 0 Å². The van der Waals surface area contributed by atoms with E-state index in [-0.39, 0.29) is 11.5 Å². The zero-order chi connectivity index (χ0) is 21.9. The molecule has 0 amide bonds. The minimum atomic E-state index is -0.703. The van der Waals surface area contributed by atoms with E-state index in [1.165, 1.54) is 37.7 Å². The lowest BCUT2D eigenvalue weighted by Gasteiger charge is -2.58. The fourth-order valence-corrected chi connectivity index (χ4v) is 8.50. The van der Waals surface area contributed by atoms with Crippen molar-refractivity contribution in [2.24, 2.45) is 40.4 Å². The smallest absolute Gasteiger partial charge is 0.155 e. The van der Waals surface area contributed by atoms with Crippen LogP contribution in [-0.2, 0) is 4.79 Å². The monoisotopic (exact) mass is 416 g/mol. The maximum absolute atomic E-state index is 12.0. The average molecular weight is 417 g/mol. The highest BCUT2D eigenvalue weighted by molar-refractivity contribution is 5.91. The molecule has 3 fully saturated rings. The summed E-state index contributed by atoms with van der Waals surface area (Å²) in [6, 6.07) is 0. The fourth-order valence-electron chi connectivity index (χ4n) is 8.50. The molecule has 0 heterocycles. The first-order valence-corrected chi connectivity index (χ1v) is 12.6. The van der Waals surface area contributed by atoms with E-state index >= 15 is 0 Å². The zero-order valence-corrected chi connectivity index (χ0v) is 19.9. The van der Waals surface area contributed by atoms with Gasteiger partial charge in [-0.25, -0.2) is 0 Å². The van der Waals surface area contributed by atoms with E-state index in [0.717, 1.165) is 37.0 Å². The lowest BCUT2D eigenvalue weighted by molar-refractivity contribution is -0.117. The molecule has 0 aromatic heterocycles. The Morgan fingerprint density at radius 1 is 1.10 bits per heavy atom. The molecule has 4 rings (SSSR count). The van der Waals surface area contributed by atoms with Crippen molar-refractivity contribution in [2.75, 3.05) is 0 Å². The SMILES string of the molecule is C[C@H](C(O)CCC(C)(C)O)[C@H]1CC[C@H]2[C@@H]3CCC4=CC(=O)CC[C@]4(C)[C@H]3CC[C@]12C. The lowest BCUT2D eigenvalue weighted by Crippen LogP contribution is -2.51. The van der Waals surface area contributed by atoms with E-state index in [4.69, 9.17) is 0 Å². The van der Waals surface area contributed by atoms with Gasteiger partial charge in [-0.2, -0.15) is 0 Å². The summed E-state index contributed by atoms with van der Waals surface area (Å²) in [4.78, 5) is 12.0. The molecule has 3 heteroatoms. The molecule has 0 radical (unpaired) electrons. The van der Waals surface area contributed by atoms with E-state index in [1.54, 1.807) is 0 Å². The van der Waals surface area contributed by atoms with Gasteiger partial charge in [0.1, 0.15) is 0 Å². The minimum Gasteiger partial charge on any atom is -0.393 e. The van der Waals surface area contributed by atoms with Crippen molar-refractivity contribution in [3.8, 4) is 0 Å². The predicted octanol–water partition coefficient (Wildman–Crippen LogP) is 5.68. The van der Waals surface area contributed by atoms with Gasteiger partial charge in [0.25, 0.3) is 0 Å². The topological polar surface area (TPSA) is 57.5 Å². The zero-order valence-electron chi connectivity index (χ0n) is 19.9. The third kappa shape index (κ3) is 3.72. The van der Waals surface area contributed by atoms with Crippen molar-refractivity contribution in [1.29, 1.82) is 0 Å². The Labute approximate surface area is 183 Å². The summed E-state index contributed by atoms with van der Waals surface area (Å²) >= 11 is 0. The molecule has 0 aliphatic heterocycles. The molecular weight excluding hydrogens is 372 g/mol. The lowest BCUT2D eigenvalue weighted by atomic mass is 9.46. The third-order valence-corrected chi connectivity index (χ3v) is 10.3. The highest BCUT2D eigenvalue weighted by Gasteiger charge is 2.59. The Morgan fingerprint density at radius 2 is 1.83 bits per heavy atom. The van der Waals surface area contributed by atoms with Crippen molar-refractivity contribution >= 4 is 5.78 Å². The molecule has 0 aromatic carbocycles. The van der Waals surface area contributed by atoms with Crippen molar-refractivity contribution in [1.82, 2.24) is 0 Å². The van der Waals surface area contributed by atoms with E-state index < -0.39 is 5.60 Å². The first-order chi connectivity index (χ1) is 14.0. The van der Waals surface area contributed by atoms with E-state index in [0.29, 0.717) is 35.9 Å². The molecular formula is C27H44O3. The molecule has 30 heavy (non-hydrogen) atoms.